The largest absolute Gasteiger partial charge is 0.494 e. The summed E-state index contributed by atoms with van der Waals surface area (Å²) in [5, 5.41) is 0. The lowest BCUT2D eigenvalue weighted by molar-refractivity contribution is 0.336. The smallest absolute Gasteiger partial charge is 0.181 e. The van der Waals surface area contributed by atoms with Crippen molar-refractivity contribution in [2.45, 2.75) is 13.5 Å². The number of aromatic nitrogens is 1. The third-order valence-electron chi connectivity index (χ3n) is 2.60. The van der Waals surface area contributed by atoms with Gasteiger partial charge in [-0.05, 0) is 25.1 Å². The van der Waals surface area contributed by atoms with E-state index in [4.69, 9.17) is 10.5 Å². The second-order valence-corrected chi connectivity index (χ2v) is 4.01. The van der Waals surface area contributed by atoms with Gasteiger partial charge in [-0.25, -0.2) is 0 Å². The van der Waals surface area contributed by atoms with Crippen LogP contribution < -0.4 is 15.9 Å². The van der Waals surface area contributed by atoms with Crippen molar-refractivity contribution in [3.8, 4) is 5.75 Å². The van der Waals surface area contributed by atoms with E-state index < -0.39 is 0 Å². The molecule has 0 amide bonds. The molecule has 2 N–H and O–H groups in total. The Labute approximate surface area is 106 Å². The predicted octanol–water partition coefficient (Wildman–Crippen LogP) is 1.88. The number of hydrogen-bond donors (Lipinski definition) is 1. The highest BCUT2D eigenvalue weighted by molar-refractivity contribution is 5.48. The second kappa shape index (κ2) is 5.40. The number of ether oxygens (including phenoxy) is 1. The zero-order chi connectivity index (χ0) is 13.0. The molecular formula is C14H16N2O2. The van der Waals surface area contributed by atoms with Crippen molar-refractivity contribution in [1.29, 1.82) is 0 Å². The zero-order valence-corrected chi connectivity index (χ0v) is 10.3. The van der Waals surface area contributed by atoms with E-state index in [2.05, 4.69) is 0 Å². The summed E-state index contributed by atoms with van der Waals surface area (Å²) in [5.41, 5.74) is 7.49. The number of rotatable bonds is 4. The van der Waals surface area contributed by atoms with Crippen LogP contribution in [0.2, 0.25) is 0 Å². The Kier molecular flexibility index (Phi) is 3.67. The summed E-state index contributed by atoms with van der Waals surface area (Å²) in [7, 11) is 0. The first-order valence-electron chi connectivity index (χ1n) is 5.86. The van der Waals surface area contributed by atoms with Crippen LogP contribution in [0.4, 0.5) is 5.69 Å². The van der Waals surface area contributed by atoms with Gasteiger partial charge in [0.05, 0.1) is 13.2 Å². The van der Waals surface area contributed by atoms with Crippen molar-refractivity contribution in [3.63, 3.8) is 0 Å². The fraction of sp³-hybridized carbons (Fsp3) is 0.214. The van der Waals surface area contributed by atoms with Crippen LogP contribution in [-0.4, -0.2) is 11.2 Å². The molecule has 18 heavy (non-hydrogen) atoms. The average molecular weight is 244 g/mol. The normalized spacial score (nSPS) is 10.3. The molecule has 0 radical (unpaired) electrons. The Morgan fingerprint density at radius 3 is 2.61 bits per heavy atom. The molecule has 1 aromatic carbocycles. The summed E-state index contributed by atoms with van der Waals surface area (Å²) in [6.07, 6.45) is 3.50. The van der Waals surface area contributed by atoms with Crippen molar-refractivity contribution in [3.05, 3.63) is 58.5 Å². The fourth-order valence-corrected chi connectivity index (χ4v) is 1.77. The molecule has 0 atom stereocenters. The minimum atomic E-state index is 0.00357. The Bertz CT molecular complexity index is 570. The number of nitrogens with two attached hydrogens (primary N) is 1. The lowest BCUT2D eigenvalue weighted by Gasteiger charge is -2.12. The summed E-state index contributed by atoms with van der Waals surface area (Å²) in [4.78, 5) is 11.0. The molecule has 2 rings (SSSR count). The van der Waals surface area contributed by atoms with Crippen LogP contribution in [0.3, 0.4) is 0 Å². The van der Waals surface area contributed by atoms with Gasteiger partial charge in [0.15, 0.2) is 5.43 Å². The number of benzene rings is 1. The number of nitrogen functional groups attached to an aromatic ring is 1. The molecule has 94 valence electrons. The number of pyridine rings is 1. The molecule has 4 heteroatoms. The van der Waals surface area contributed by atoms with E-state index in [-0.39, 0.29) is 5.43 Å². The highest BCUT2D eigenvalue weighted by Gasteiger charge is 2.04. The van der Waals surface area contributed by atoms with Crippen LogP contribution in [-0.2, 0) is 6.54 Å². The molecule has 0 spiro atoms. The highest BCUT2D eigenvalue weighted by atomic mass is 16.5. The summed E-state index contributed by atoms with van der Waals surface area (Å²) >= 11 is 0. The van der Waals surface area contributed by atoms with Crippen molar-refractivity contribution < 1.29 is 4.74 Å². The Morgan fingerprint density at radius 1 is 1.22 bits per heavy atom. The summed E-state index contributed by atoms with van der Waals surface area (Å²) in [6.45, 7) is 3.18. The number of nitrogens with zero attached hydrogens (tertiary/aromatic N) is 1. The average Bonchev–Trinajstić information content (AvgIpc) is 2.36. The lowest BCUT2D eigenvalue weighted by atomic mass is 10.1. The van der Waals surface area contributed by atoms with Crippen LogP contribution in [0.5, 0.6) is 5.75 Å². The van der Waals surface area contributed by atoms with Gasteiger partial charge in [0.25, 0.3) is 0 Å². The van der Waals surface area contributed by atoms with E-state index in [0.717, 1.165) is 11.3 Å². The quantitative estimate of drug-likeness (QED) is 0.835. The van der Waals surface area contributed by atoms with Gasteiger partial charge in [-0.15, -0.1) is 0 Å². The van der Waals surface area contributed by atoms with E-state index in [1.54, 1.807) is 12.4 Å². The van der Waals surface area contributed by atoms with E-state index in [1.165, 1.54) is 12.1 Å². The first-order chi connectivity index (χ1) is 8.69. The molecule has 4 nitrogen and oxygen atoms in total. The third kappa shape index (κ3) is 2.91. The maximum atomic E-state index is 11.0. The Morgan fingerprint density at radius 2 is 1.94 bits per heavy atom. The topological polar surface area (TPSA) is 57.2 Å². The molecule has 0 unspecified atom stereocenters. The van der Waals surface area contributed by atoms with E-state index >= 15 is 0 Å². The highest BCUT2D eigenvalue weighted by Crippen LogP contribution is 2.22. The molecular weight excluding hydrogens is 228 g/mol. The molecule has 2 aromatic rings. The van der Waals surface area contributed by atoms with Gasteiger partial charge in [-0.3, -0.25) is 4.79 Å². The molecule has 0 fully saturated rings. The van der Waals surface area contributed by atoms with Crippen LogP contribution >= 0.6 is 0 Å². The lowest BCUT2D eigenvalue weighted by Crippen LogP contribution is -2.07. The molecule has 0 aliphatic carbocycles. The van der Waals surface area contributed by atoms with E-state index in [9.17, 15) is 4.79 Å². The van der Waals surface area contributed by atoms with Gasteiger partial charge < -0.3 is 15.0 Å². The van der Waals surface area contributed by atoms with Gasteiger partial charge in [-0.1, -0.05) is 0 Å². The minimum absolute atomic E-state index is 0.00357. The maximum absolute atomic E-state index is 11.0. The van der Waals surface area contributed by atoms with Gasteiger partial charge >= 0.3 is 0 Å². The van der Waals surface area contributed by atoms with Gasteiger partial charge in [0, 0.05) is 35.8 Å². The van der Waals surface area contributed by atoms with Crippen LogP contribution in [0.15, 0.2) is 47.5 Å². The van der Waals surface area contributed by atoms with Crippen LogP contribution in [0.25, 0.3) is 0 Å². The molecule has 0 saturated carbocycles. The molecule has 1 heterocycles. The van der Waals surface area contributed by atoms with Crippen LogP contribution in [0, 0.1) is 0 Å². The maximum Gasteiger partial charge on any atom is 0.181 e. The molecule has 0 aliphatic rings. The monoisotopic (exact) mass is 244 g/mol. The number of anilines is 1. The van der Waals surface area contributed by atoms with Crippen molar-refractivity contribution in [2.24, 2.45) is 0 Å². The molecule has 1 aromatic heterocycles. The summed E-state index contributed by atoms with van der Waals surface area (Å²) in [6, 6.07) is 8.65. The zero-order valence-electron chi connectivity index (χ0n) is 10.3. The van der Waals surface area contributed by atoms with Gasteiger partial charge in [-0.2, -0.15) is 0 Å². The molecule has 0 saturated heterocycles. The first-order valence-corrected chi connectivity index (χ1v) is 5.86. The minimum Gasteiger partial charge on any atom is -0.494 e. The van der Waals surface area contributed by atoms with Crippen LogP contribution in [0.1, 0.15) is 12.5 Å². The van der Waals surface area contributed by atoms with E-state index in [0.29, 0.717) is 18.8 Å². The second-order valence-electron chi connectivity index (χ2n) is 4.01. The standard InChI is InChI=1S/C14H16N2O2/c1-2-18-14-4-3-12(15)9-11(14)10-16-7-5-13(17)6-8-16/h3-9H,2,10,15H2,1H3. The molecule has 0 aliphatic heterocycles. The number of hydrogen-bond acceptors (Lipinski definition) is 3. The first kappa shape index (κ1) is 12.2. The Balaban J connectivity index is 2.29. The van der Waals surface area contributed by atoms with E-state index in [1.807, 2.05) is 29.7 Å². The van der Waals surface area contributed by atoms with Crippen molar-refractivity contribution in [1.82, 2.24) is 4.57 Å². The predicted molar refractivity (Wildman–Crippen MR) is 71.8 cm³/mol. The molecule has 0 bridgehead atoms. The summed E-state index contributed by atoms with van der Waals surface area (Å²) < 4.78 is 7.47. The fourth-order valence-electron chi connectivity index (χ4n) is 1.77. The Hall–Kier alpha value is -2.23. The summed E-state index contributed by atoms with van der Waals surface area (Å²) in [5.74, 6) is 0.824. The van der Waals surface area contributed by atoms with Crippen molar-refractivity contribution in [2.75, 3.05) is 12.3 Å². The SMILES string of the molecule is CCOc1ccc(N)cc1Cn1ccc(=O)cc1. The van der Waals surface area contributed by atoms with Gasteiger partial charge in [0.2, 0.25) is 0 Å². The van der Waals surface area contributed by atoms with Crippen molar-refractivity contribution >= 4 is 5.69 Å². The third-order valence-corrected chi connectivity index (χ3v) is 2.60. The van der Waals surface area contributed by atoms with Gasteiger partial charge in [0.1, 0.15) is 5.75 Å².